The van der Waals surface area contributed by atoms with Crippen molar-refractivity contribution in [1.82, 2.24) is 5.32 Å². The van der Waals surface area contributed by atoms with Crippen molar-refractivity contribution >= 4 is 46.1 Å². The van der Waals surface area contributed by atoms with Gasteiger partial charge in [-0.25, -0.2) is 0 Å². The molecule has 0 aliphatic rings. The largest absolute Gasteiger partial charge is 0.755 e. The standard InChI is InChI=1S/C23H22Cl2N2O3S/c1-16(17-6-3-2-4-7-17)26-23(28)19-10-12-20(13-11-19)27(31(29)30)15-14-18-8-5-9-21(24)22(18)25/h2-13,16H,14-15H2,1H3,(H,26,28)(H,29,30)/p-1. The summed E-state index contributed by atoms with van der Waals surface area (Å²) in [5.41, 5.74) is 2.66. The van der Waals surface area contributed by atoms with Crippen LogP contribution in [0.3, 0.4) is 0 Å². The lowest BCUT2D eigenvalue weighted by molar-refractivity contribution is 0.0940. The summed E-state index contributed by atoms with van der Waals surface area (Å²) >= 11 is 9.74. The molecule has 0 heterocycles. The fourth-order valence-electron chi connectivity index (χ4n) is 3.14. The van der Waals surface area contributed by atoms with Gasteiger partial charge >= 0.3 is 0 Å². The van der Waals surface area contributed by atoms with Crippen molar-refractivity contribution in [2.75, 3.05) is 10.8 Å². The molecule has 0 saturated heterocycles. The summed E-state index contributed by atoms with van der Waals surface area (Å²) in [4.78, 5) is 12.5. The molecule has 0 spiro atoms. The topological polar surface area (TPSA) is 72.5 Å². The van der Waals surface area contributed by atoms with E-state index in [2.05, 4.69) is 5.32 Å². The Kier molecular flexibility index (Phi) is 8.09. The minimum Gasteiger partial charge on any atom is -0.755 e. The Morgan fingerprint density at radius 3 is 2.35 bits per heavy atom. The van der Waals surface area contributed by atoms with Crippen LogP contribution >= 0.6 is 23.2 Å². The second-order valence-electron chi connectivity index (χ2n) is 6.93. The zero-order valence-electron chi connectivity index (χ0n) is 16.8. The second-order valence-corrected chi connectivity index (χ2v) is 8.60. The third-order valence-corrected chi connectivity index (χ3v) is 6.47. The fraction of sp³-hybridized carbons (Fsp3) is 0.174. The maximum absolute atomic E-state index is 12.5. The number of hydrogen-bond acceptors (Lipinski definition) is 3. The molecule has 1 amide bonds. The molecule has 8 heteroatoms. The molecule has 31 heavy (non-hydrogen) atoms. The maximum atomic E-state index is 12.5. The van der Waals surface area contributed by atoms with Gasteiger partial charge in [-0.05, 0) is 54.8 Å². The molecule has 162 valence electrons. The summed E-state index contributed by atoms with van der Waals surface area (Å²) in [5, 5.41) is 3.78. The highest BCUT2D eigenvalue weighted by molar-refractivity contribution is 7.80. The Hall–Kier alpha value is -2.38. The number of halogens is 2. The Labute approximate surface area is 194 Å². The van der Waals surface area contributed by atoms with Gasteiger partial charge in [-0.3, -0.25) is 9.00 Å². The molecule has 1 N–H and O–H groups in total. The maximum Gasteiger partial charge on any atom is 0.251 e. The summed E-state index contributed by atoms with van der Waals surface area (Å²) in [6, 6.07) is 21.2. The Morgan fingerprint density at radius 1 is 1.03 bits per heavy atom. The number of amides is 1. The first-order valence-electron chi connectivity index (χ1n) is 9.62. The summed E-state index contributed by atoms with van der Waals surface area (Å²) in [5.74, 6) is -0.233. The normalized spacial score (nSPS) is 12.8. The van der Waals surface area contributed by atoms with Gasteiger partial charge in [-0.1, -0.05) is 65.7 Å². The quantitative estimate of drug-likeness (QED) is 0.447. The first-order valence-corrected chi connectivity index (χ1v) is 11.4. The highest BCUT2D eigenvalue weighted by Crippen LogP contribution is 2.27. The molecule has 2 atom stereocenters. The van der Waals surface area contributed by atoms with Gasteiger partial charge in [0.05, 0.1) is 16.1 Å². The van der Waals surface area contributed by atoms with E-state index in [1.54, 1.807) is 42.5 Å². The molecule has 3 aromatic rings. The Balaban J connectivity index is 1.68. The van der Waals surface area contributed by atoms with Crippen LogP contribution in [-0.4, -0.2) is 21.2 Å². The van der Waals surface area contributed by atoms with Crippen molar-refractivity contribution < 1.29 is 13.6 Å². The average molecular weight is 476 g/mol. The molecule has 2 unspecified atom stereocenters. The Bertz CT molecular complexity index is 1060. The predicted molar refractivity (Wildman–Crippen MR) is 125 cm³/mol. The zero-order valence-corrected chi connectivity index (χ0v) is 19.1. The highest BCUT2D eigenvalue weighted by Gasteiger charge is 2.14. The van der Waals surface area contributed by atoms with Crippen molar-refractivity contribution in [3.8, 4) is 0 Å². The van der Waals surface area contributed by atoms with Gasteiger partial charge in [0.25, 0.3) is 5.91 Å². The van der Waals surface area contributed by atoms with E-state index in [-0.39, 0.29) is 18.5 Å². The minimum absolute atomic E-state index is 0.151. The van der Waals surface area contributed by atoms with Crippen LogP contribution in [0, 0.1) is 0 Å². The molecule has 0 aliphatic carbocycles. The molecular weight excluding hydrogens is 455 g/mol. The third kappa shape index (κ3) is 6.08. The highest BCUT2D eigenvalue weighted by atomic mass is 35.5. The second kappa shape index (κ2) is 10.8. The first-order chi connectivity index (χ1) is 14.9. The van der Waals surface area contributed by atoms with Crippen molar-refractivity contribution in [1.29, 1.82) is 0 Å². The smallest absolute Gasteiger partial charge is 0.251 e. The molecule has 0 radical (unpaired) electrons. The van der Waals surface area contributed by atoms with Crippen LogP contribution in [0.2, 0.25) is 10.0 Å². The van der Waals surface area contributed by atoms with Crippen LogP contribution in [0.1, 0.15) is 34.5 Å². The van der Waals surface area contributed by atoms with Crippen molar-refractivity contribution in [2.24, 2.45) is 0 Å². The van der Waals surface area contributed by atoms with Gasteiger partial charge in [0.1, 0.15) is 0 Å². The summed E-state index contributed by atoms with van der Waals surface area (Å²) in [6.45, 7) is 2.09. The van der Waals surface area contributed by atoms with Gasteiger partial charge in [-0.15, -0.1) is 0 Å². The van der Waals surface area contributed by atoms with Crippen molar-refractivity contribution in [2.45, 2.75) is 19.4 Å². The zero-order chi connectivity index (χ0) is 22.4. The third-order valence-electron chi connectivity index (χ3n) is 4.86. The van der Waals surface area contributed by atoms with Gasteiger partial charge in [0.2, 0.25) is 0 Å². The Morgan fingerprint density at radius 2 is 1.71 bits per heavy atom. The van der Waals surface area contributed by atoms with E-state index in [1.165, 1.54) is 4.31 Å². The van der Waals surface area contributed by atoms with Gasteiger partial charge in [0.15, 0.2) is 0 Å². The van der Waals surface area contributed by atoms with E-state index < -0.39 is 11.3 Å². The van der Waals surface area contributed by atoms with Crippen molar-refractivity contribution in [3.05, 3.63) is 99.5 Å². The molecule has 0 saturated carbocycles. The lowest BCUT2D eigenvalue weighted by Gasteiger charge is -2.27. The predicted octanol–water partition coefficient (Wildman–Crippen LogP) is 5.33. The average Bonchev–Trinajstić information content (AvgIpc) is 2.77. The molecule has 0 aromatic heterocycles. The molecule has 0 bridgehead atoms. The van der Waals surface area contributed by atoms with Crippen LogP contribution in [0.25, 0.3) is 0 Å². The van der Waals surface area contributed by atoms with E-state index in [1.807, 2.05) is 37.3 Å². The lowest BCUT2D eigenvalue weighted by Crippen LogP contribution is -2.28. The van der Waals surface area contributed by atoms with Crippen LogP contribution in [0.4, 0.5) is 5.69 Å². The van der Waals surface area contributed by atoms with E-state index in [0.717, 1.165) is 11.1 Å². The molecule has 0 fully saturated rings. The SMILES string of the molecule is CC(NC(=O)c1ccc(N(CCc2cccc(Cl)c2Cl)S(=O)[O-])cc1)c1ccccc1. The fourth-order valence-corrected chi connectivity index (χ4v) is 4.09. The van der Waals surface area contributed by atoms with Crippen LogP contribution in [0.15, 0.2) is 72.8 Å². The number of nitrogens with one attached hydrogen (secondary N) is 1. The lowest BCUT2D eigenvalue weighted by atomic mass is 10.1. The number of rotatable bonds is 8. The molecule has 3 aromatic carbocycles. The number of hydrogen-bond donors (Lipinski definition) is 1. The van der Waals surface area contributed by atoms with Gasteiger partial charge in [-0.2, -0.15) is 0 Å². The van der Waals surface area contributed by atoms with E-state index in [9.17, 15) is 13.6 Å². The monoisotopic (exact) mass is 475 g/mol. The number of carbonyl (C=O) groups is 1. The molecule has 5 nitrogen and oxygen atoms in total. The molecule has 3 rings (SSSR count). The number of anilines is 1. The van der Waals surface area contributed by atoms with E-state index >= 15 is 0 Å². The van der Waals surface area contributed by atoms with Crippen LogP contribution in [-0.2, 0) is 17.7 Å². The van der Waals surface area contributed by atoms with Crippen LogP contribution in [0.5, 0.6) is 0 Å². The minimum atomic E-state index is -2.48. The molecular formula is C23H21Cl2N2O3S-. The number of benzene rings is 3. The van der Waals surface area contributed by atoms with Gasteiger partial charge in [0, 0.05) is 29.1 Å². The van der Waals surface area contributed by atoms with E-state index in [4.69, 9.17) is 23.2 Å². The summed E-state index contributed by atoms with van der Waals surface area (Å²) < 4.78 is 24.8. The van der Waals surface area contributed by atoms with Crippen LogP contribution < -0.4 is 9.62 Å². The van der Waals surface area contributed by atoms with E-state index in [0.29, 0.717) is 27.7 Å². The summed E-state index contributed by atoms with van der Waals surface area (Å²) in [6.07, 6.45) is 0.393. The first kappa shape index (κ1) is 23.3. The number of nitrogens with zero attached hydrogens (tertiary/aromatic N) is 1. The van der Waals surface area contributed by atoms with Gasteiger partial charge < -0.3 is 14.2 Å². The summed E-state index contributed by atoms with van der Waals surface area (Å²) in [7, 11) is 0. The molecule has 0 aliphatic heterocycles. The van der Waals surface area contributed by atoms with Crippen molar-refractivity contribution in [3.63, 3.8) is 0 Å². The number of carbonyl (C=O) groups excluding carboxylic acids is 1.